The molecule has 1 N–H and O–H groups in total. The first-order chi connectivity index (χ1) is 15.6. The van der Waals surface area contributed by atoms with E-state index in [2.05, 4.69) is 10.3 Å². The van der Waals surface area contributed by atoms with Crippen LogP contribution >= 0.6 is 0 Å². The Morgan fingerprint density at radius 1 is 1.22 bits per heavy atom. The molecule has 0 unspecified atom stereocenters. The van der Waals surface area contributed by atoms with E-state index in [0.717, 1.165) is 0 Å². The summed E-state index contributed by atoms with van der Waals surface area (Å²) in [5.74, 6) is -0.351. The lowest BCUT2D eigenvalue weighted by atomic mass is 10.0. The third kappa shape index (κ3) is 5.40. The Hall–Kier alpha value is -3.94. The monoisotopic (exact) mass is 435 g/mol. The van der Waals surface area contributed by atoms with Gasteiger partial charge in [-0.1, -0.05) is 6.07 Å². The van der Waals surface area contributed by atoms with E-state index in [1.54, 1.807) is 41.4 Å². The Morgan fingerprint density at radius 2 is 2.06 bits per heavy atom. The summed E-state index contributed by atoms with van der Waals surface area (Å²) in [6, 6.07) is 9.47. The number of ether oxygens (including phenoxy) is 1. The molecule has 0 spiro atoms. The van der Waals surface area contributed by atoms with E-state index in [0.29, 0.717) is 42.8 Å². The molecular weight excluding hydrogens is 413 g/mol. The number of nitrogens with zero attached hydrogens (tertiary/aromatic N) is 2. The summed E-state index contributed by atoms with van der Waals surface area (Å²) in [7, 11) is 0. The first-order valence-corrected chi connectivity index (χ1v) is 10.3. The minimum atomic E-state index is -0.536. The van der Waals surface area contributed by atoms with Gasteiger partial charge in [-0.3, -0.25) is 14.6 Å². The molecule has 8 heteroatoms. The van der Waals surface area contributed by atoms with Crippen LogP contribution in [0.2, 0.25) is 0 Å². The number of carbonyl (C=O) groups is 2. The number of piperidine rings is 1. The molecule has 0 aliphatic carbocycles. The summed E-state index contributed by atoms with van der Waals surface area (Å²) in [5.41, 5.74) is 1.07. The number of furan rings is 1. The second-order valence-electron chi connectivity index (χ2n) is 7.40. The third-order valence-corrected chi connectivity index (χ3v) is 5.14. The van der Waals surface area contributed by atoms with Crippen molar-refractivity contribution in [2.24, 2.45) is 0 Å². The van der Waals surface area contributed by atoms with Gasteiger partial charge in [0, 0.05) is 31.4 Å². The van der Waals surface area contributed by atoms with Gasteiger partial charge in [0.15, 0.2) is 11.6 Å². The van der Waals surface area contributed by atoms with Gasteiger partial charge < -0.3 is 19.4 Å². The quantitative estimate of drug-likeness (QED) is 0.591. The molecule has 1 aliphatic rings. The summed E-state index contributed by atoms with van der Waals surface area (Å²) in [6.07, 6.45) is 10.3. The van der Waals surface area contributed by atoms with Gasteiger partial charge in [-0.15, -0.1) is 0 Å². The van der Waals surface area contributed by atoms with E-state index in [1.807, 2.05) is 0 Å². The van der Waals surface area contributed by atoms with Crippen LogP contribution in [0.1, 0.15) is 28.8 Å². The van der Waals surface area contributed by atoms with Crippen molar-refractivity contribution in [2.75, 3.05) is 13.1 Å². The van der Waals surface area contributed by atoms with Crippen molar-refractivity contribution in [3.63, 3.8) is 0 Å². The van der Waals surface area contributed by atoms with E-state index in [-0.39, 0.29) is 23.6 Å². The molecule has 1 fully saturated rings. The number of halogens is 1. The largest absolute Gasteiger partial charge is 0.472 e. The summed E-state index contributed by atoms with van der Waals surface area (Å²) in [6.45, 7) is 1.12. The van der Waals surface area contributed by atoms with Crippen LogP contribution in [0.15, 0.2) is 71.8 Å². The van der Waals surface area contributed by atoms with Crippen LogP contribution in [0.5, 0.6) is 11.5 Å². The van der Waals surface area contributed by atoms with Gasteiger partial charge in [-0.25, -0.2) is 4.39 Å². The number of amides is 2. The smallest absolute Gasteiger partial charge is 0.257 e. The second-order valence-corrected chi connectivity index (χ2v) is 7.40. The number of pyridine rings is 1. The topological polar surface area (TPSA) is 84.7 Å². The molecule has 3 aromatic rings. The van der Waals surface area contributed by atoms with Crippen molar-refractivity contribution < 1.29 is 23.1 Å². The fourth-order valence-electron chi connectivity index (χ4n) is 3.45. The van der Waals surface area contributed by atoms with Crippen LogP contribution in [0.3, 0.4) is 0 Å². The first kappa shape index (κ1) is 21.3. The highest BCUT2D eigenvalue weighted by Gasteiger charge is 2.24. The average Bonchev–Trinajstić information content (AvgIpc) is 3.35. The van der Waals surface area contributed by atoms with Gasteiger partial charge in [0.25, 0.3) is 5.91 Å². The molecule has 0 atom stereocenters. The lowest BCUT2D eigenvalue weighted by Gasteiger charge is -2.32. The van der Waals surface area contributed by atoms with E-state index < -0.39 is 5.82 Å². The van der Waals surface area contributed by atoms with Gasteiger partial charge in [0.2, 0.25) is 5.91 Å². The summed E-state index contributed by atoms with van der Waals surface area (Å²) in [4.78, 5) is 30.3. The number of benzene rings is 1. The van der Waals surface area contributed by atoms with Crippen molar-refractivity contribution in [1.29, 1.82) is 0 Å². The van der Waals surface area contributed by atoms with Gasteiger partial charge in [-0.05, 0) is 54.8 Å². The number of likely N-dealkylation sites (tertiary alicyclic amines) is 1. The minimum absolute atomic E-state index is 0.0208. The molecule has 1 aromatic carbocycles. The molecule has 3 heterocycles. The maximum Gasteiger partial charge on any atom is 0.257 e. The van der Waals surface area contributed by atoms with Crippen LogP contribution in [-0.4, -0.2) is 40.8 Å². The summed E-state index contributed by atoms with van der Waals surface area (Å²) < 4.78 is 24.7. The molecule has 0 saturated carbocycles. The van der Waals surface area contributed by atoms with E-state index in [9.17, 15) is 14.0 Å². The molecule has 0 radical (unpaired) electrons. The normalized spacial score (nSPS) is 14.5. The zero-order valence-corrected chi connectivity index (χ0v) is 17.2. The highest BCUT2D eigenvalue weighted by molar-refractivity contribution is 5.94. The average molecular weight is 435 g/mol. The Labute approximate surface area is 184 Å². The second kappa shape index (κ2) is 9.91. The van der Waals surface area contributed by atoms with E-state index in [1.165, 1.54) is 36.9 Å². The van der Waals surface area contributed by atoms with Gasteiger partial charge in [0.05, 0.1) is 18.0 Å². The van der Waals surface area contributed by atoms with E-state index >= 15 is 0 Å². The molecular formula is C24H22FN3O4. The number of carbonyl (C=O) groups excluding carboxylic acids is 2. The number of hydrogen-bond acceptors (Lipinski definition) is 5. The molecule has 4 rings (SSSR count). The number of hydrogen-bond donors (Lipinski definition) is 1. The SMILES string of the molecule is O=C(/C=C/c1ccc(Oc2cccnc2)c(F)c1)NC1CCN(C(=O)c2ccoc2)CC1. The Balaban J connectivity index is 1.26. The van der Waals surface area contributed by atoms with Gasteiger partial charge >= 0.3 is 0 Å². The van der Waals surface area contributed by atoms with Crippen molar-refractivity contribution in [1.82, 2.24) is 15.2 Å². The maximum absolute atomic E-state index is 14.3. The van der Waals surface area contributed by atoms with E-state index in [4.69, 9.17) is 9.15 Å². The molecule has 0 bridgehead atoms. The highest BCUT2D eigenvalue weighted by atomic mass is 19.1. The highest BCUT2D eigenvalue weighted by Crippen LogP contribution is 2.25. The van der Waals surface area contributed by atoms with Crippen LogP contribution in [0, 0.1) is 5.82 Å². The Kier molecular flexibility index (Phi) is 6.60. The van der Waals surface area contributed by atoms with Crippen molar-refractivity contribution in [3.8, 4) is 11.5 Å². The lowest BCUT2D eigenvalue weighted by Crippen LogP contribution is -2.46. The number of aromatic nitrogens is 1. The molecule has 32 heavy (non-hydrogen) atoms. The van der Waals surface area contributed by atoms with Crippen molar-refractivity contribution in [3.05, 3.63) is 84.3 Å². The fourth-order valence-corrected chi connectivity index (χ4v) is 3.45. The lowest BCUT2D eigenvalue weighted by molar-refractivity contribution is -0.117. The maximum atomic E-state index is 14.3. The molecule has 1 saturated heterocycles. The zero-order valence-electron chi connectivity index (χ0n) is 17.2. The molecule has 2 amide bonds. The summed E-state index contributed by atoms with van der Waals surface area (Å²) in [5, 5.41) is 2.93. The number of rotatable bonds is 6. The predicted octanol–water partition coefficient (Wildman–Crippen LogP) is 4.04. The minimum Gasteiger partial charge on any atom is -0.472 e. The van der Waals surface area contributed by atoms with Crippen LogP contribution in [0.4, 0.5) is 4.39 Å². The predicted molar refractivity (Wildman–Crippen MR) is 116 cm³/mol. The van der Waals surface area contributed by atoms with Gasteiger partial charge in [0.1, 0.15) is 12.0 Å². The Morgan fingerprint density at radius 3 is 2.75 bits per heavy atom. The van der Waals surface area contributed by atoms with Crippen LogP contribution in [0.25, 0.3) is 6.08 Å². The fraction of sp³-hybridized carbons (Fsp3) is 0.208. The van der Waals surface area contributed by atoms with Crippen LogP contribution < -0.4 is 10.1 Å². The molecule has 1 aliphatic heterocycles. The summed E-state index contributed by atoms with van der Waals surface area (Å²) >= 11 is 0. The molecule has 164 valence electrons. The zero-order chi connectivity index (χ0) is 22.3. The van der Waals surface area contributed by atoms with Gasteiger partial charge in [-0.2, -0.15) is 0 Å². The standard InChI is InChI=1S/C24H22FN3O4/c25-21-14-17(3-5-22(21)32-20-2-1-10-26-15-20)4-6-23(29)27-19-7-11-28(12-8-19)24(30)18-9-13-31-16-18/h1-6,9-10,13-16,19H,7-8,11-12H2,(H,27,29)/b6-4+. The van der Waals surface area contributed by atoms with Crippen LogP contribution in [-0.2, 0) is 4.79 Å². The third-order valence-electron chi connectivity index (χ3n) is 5.14. The first-order valence-electron chi connectivity index (χ1n) is 10.3. The van der Waals surface area contributed by atoms with Crippen molar-refractivity contribution in [2.45, 2.75) is 18.9 Å². The molecule has 2 aromatic heterocycles. The Bertz CT molecular complexity index is 1090. The number of nitrogens with one attached hydrogen (secondary N) is 1. The van der Waals surface area contributed by atoms with Crippen molar-refractivity contribution >= 4 is 17.9 Å². The molecule has 7 nitrogen and oxygen atoms in total.